The molecule has 1 nitrogen and oxygen atoms in total. The summed E-state index contributed by atoms with van der Waals surface area (Å²) in [4.78, 5) is 1.49. The van der Waals surface area contributed by atoms with E-state index in [4.69, 9.17) is 0 Å². The van der Waals surface area contributed by atoms with Crippen molar-refractivity contribution in [1.29, 1.82) is 0 Å². The van der Waals surface area contributed by atoms with Crippen molar-refractivity contribution in [2.24, 2.45) is 0 Å². The van der Waals surface area contributed by atoms with Crippen LogP contribution in [0.5, 0.6) is 0 Å². The van der Waals surface area contributed by atoms with E-state index in [-0.39, 0.29) is 0 Å². The summed E-state index contributed by atoms with van der Waals surface area (Å²) >= 11 is 7.62. The first-order valence-electron chi connectivity index (χ1n) is 7.36. The zero-order valence-electron chi connectivity index (χ0n) is 11.7. The maximum absolute atomic E-state index is 3.65. The topological polar surface area (TPSA) is 12.0 Å². The lowest BCUT2D eigenvalue weighted by atomic mass is 10.0. The average molecular weight is 362 g/mol. The van der Waals surface area contributed by atoms with Crippen LogP contribution in [-0.2, 0) is 6.42 Å². The Balaban J connectivity index is 1.78. The van der Waals surface area contributed by atoms with E-state index in [1.54, 1.807) is 0 Å². The summed E-state index contributed by atoms with van der Waals surface area (Å²) in [5.74, 6) is 1.26. The molecular formula is C15H24BrNS2. The van der Waals surface area contributed by atoms with Gasteiger partial charge in [-0.2, -0.15) is 11.8 Å². The molecule has 2 rings (SSSR count). The Kier molecular flexibility index (Phi) is 7.27. The molecular weight excluding hydrogens is 338 g/mol. The highest BCUT2D eigenvalue weighted by Crippen LogP contribution is 2.29. The van der Waals surface area contributed by atoms with E-state index in [1.165, 1.54) is 53.6 Å². The van der Waals surface area contributed by atoms with Gasteiger partial charge in [-0.1, -0.05) is 26.2 Å². The monoisotopic (exact) mass is 361 g/mol. The fourth-order valence-corrected chi connectivity index (χ4v) is 5.61. The zero-order chi connectivity index (χ0) is 13.5. The van der Waals surface area contributed by atoms with Gasteiger partial charge in [-0.3, -0.25) is 0 Å². The lowest BCUT2D eigenvalue weighted by Gasteiger charge is -2.24. The van der Waals surface area contributed by atoms with Gasteiger partial charge in [0.2, 0.25) is 0 Å². The van der Waals surface area contributed by atoms with E-state index in [9.17, 15) is 0 Å². The van der Waals surface area contributed by atoms with Crippen molar-refractivity contribution in [1.82, 2.24) is 5.32 Å². The predicted molar refractivity (Wildman–Crippen MR) is 92.5 cm³/mol. The van der Waals surface area contributed by atoms with Crippen LogP contribution in [-0.4, -0.2) is 23.6 Å². The van der Waals surface area contributed by atoms with Crippen molar-refractivity contribution in [2.75, 3.05) is 12.3 Å². The Bertz CT molecular complexity index is 361. The minimum absolute atomic E-state index is 0.627. The van der Waals surface area contributed by atoms with Crippen molar-refractivity contribution < 1.29 is 0 Å². The first-order chi connectivity index (χ1) is 9.28. The molecule has 1 aromatic heterocycles. The molecule has 0 aromatic carbocycles. The fraction of sp³-hybridized carbons (Fsp3) is 0.733. The van der Waals surface area contributed by atoms with Gasteiger partial charge in [-0.25, -0.2) is 0 Å². The lowest BCUT2D eigenvalue weighted by molar-refractivity contribution is 0.513. The van der Waals surface area contributed by atoms with Crippen LogP contribution >= 0.6 is 39.0 Å². The molecule has 1 unspecified atom stereocenters. The Labute approximate surface area is 134 Å². The number of likely N-dealkylation sites (N-methyl/N-ethyl adjacent to an activating group) is 1. The highest BCUT2D eigenvalue weighted by molar-refractivity contribution is 9.10. The van der Waals surface area contributed by atoms with Gasteiger partial charge in [0.15, 0.2) is 0 Å². The van der Waals surface area contributed by atoms with Crippen LogP contribution in [0.25, 0.3) is 0 Å². The van der Waals surface area contributed by atoms with E-state index in [1.807, 2.05) is 11.3 Å². The Hall–Kier alpha value is 0.490. The van der Waals surface area contributed by atoms with E-state index < -0.39 is 0 Å². The van der Waals surface area contributed by atoms with E-state index in [0.717, 1.165) is 11.8 Å². The van der Waals surface area contributed by atoms with Crippen LogP contribution in [0.1, 0.15) is 43.9 Å². The molecule has 1 heterocycles. The average Bonchev–Trinajstić information content (AvgIpc) is 2.83. The summed E-state index contributed by atoms with van der Waals surface area (Å²) in [6.45, 7) is 3.28. The Morgan fingerprint density at radius 1 is 1.42 bits per heavy atom. The standard InChI is InChI=1S/C15H24BrNS2/c1-2-17-13(9-15-8-12(16)10-18-15)11-19-14-6-4-3-5-7-14/h8,10,13-14,17H,2-7,9,11H2,1H3. The Morgan fingerprint density at radius 2 is 2.21 bits per heavy atom. The fourth-order valence-electron chi connectivity index (χ4n) is 2.67. The number of thioether (sulfide) groups is 1. The third-order valence-corrected chi connectivity index (χ3v) is 6.91. The molecule has 1 aliphatic rings. The maximum Gasteiger partial charge on any atom is 0.0285 e. The lowest BCUT2D eigenvalue weighted by Crippen LogP contribution is -2.33. The van der Waals surface area contributed by atoms with Gasteiger partial charge in [0, 0.05) is 31.8 Å². The highest BCUT2D eigenvalue weighted by Gasteiger charge is 2.17. The van der Waals surface area contributed by atoms with Crippen LogP contribution in [0.3, 0.4) is 0 Å². The number of thiophene rings is 1. The molecule has 1 saturated carbocycles. The van der Waals surface area contributed by atoms with Crippen molar-refractivity contribution in [3.05, 3.63) is 20.8 Å². The molecule has 1 N–H and O–H groups in total. The summed E-state index contributed by atoms with van der Waals surface area (Å²) in [7, 11) is 0. The van der Waals surface area contributed by atoms with E-state index >= 15 is 0 Å². The number of halogens is 1. The second kappa shape index (κ2) is 8.71. The summed E-state index contributed by atoms with van der Waals surface area (Å²) in [6, 6.07) is 2.89. The smallest absolute Gasteiger partial charge is 0.0285 e. The summed E-state index contributed by atoms with van der Waals surface area (Å²) < 4.78 is 1.22. The van der Waals surface area contributed by atoms with Crippen LogP contribution in [0.15, 0.2) is 15.9 Å². The van der Waals surface area contributed by atoms with Gasteiger partial charge in [0.1, 0.15) is 0 Å². The minimum Gasteiger partial charge on any atom is -0.313 e. The summed E-state index contributed by atoms with van der Waals surface area (Å²) in [6.07, 6.45) is 8.39. The van der Waals surface area contributed by atoms with Crippen molar-refractivity contribution in [2.45, 2.75) is 56.7 Å². The molecule has 4 heteroatoms. The second-order valence-electron chi connectivity index (χ2n) is 5.28. The van der Waals surface area contributed by atoms with E-state index in [2.05, 4.69) is 51.4 Å². The molecule has 0 bridgehead atoms. The largest absolute Gasteiger partial charge is 0.313 e. The molecule has 0 radical (unpaired) electrons. The predicted octanol–water partition coefficient (Wildman–Crippen LogP) is 5.10. The third-order valence-electron chi connectivity index (χ3n) is 3.65. The molecule has 1 aromatic rings. The van der Waals surface area contributed by atoms with Gasteiger partial charge in [0.25, 0.3) is 0 Å². The van der Waals surface area contributed by atoms with Crippen LogP contribution < -0.4 is 5.32 Å². The number of hydrogen-bond acceptors (Lipinski definition) is 3. The van der Waals surface area contributed by atoms with Gasteiger partial charge < -0.3 is 5.32 Å². The van der Waals surface area contributed by atoms with Crippen LogP contribution in [0, 0.1) is 0 Å². The molecule has 1 aliphatic carbocycles. The van der Waals surface area contributed by atoms with Gasteiger partial charge in [-0.05, 0) is 47.8 Å². The molecule has 108 valence electrons. The molecule has 19 heavy (non-hydrogen) atoms. The normalized spacial score (nSPS) is 18.6. The van der Waals surface area contributed by atoms with Gasteiger partial charge in [0.05, 0.1) is 0 Å². The first-order valence-corrected chi connectivity index (χ1v) is 10.1. The number of rotatable bonds is 7. The van der Waals surface area contributed by atoms with Gasteiger partial charge >= 0.3 is 0 Å². The highest BCUT2D eigenvalue weighted by atomic mass is 79.9. The zero-order valence-corrected chi connectivity index (χ0v) is 14.9. The maximum atomic E-state index is 3.65. The number of hydrogen-bond donors (Lipinski definition) is 1. The minimum atomic E-state index is 0.627. The molecule has 0 aliphatic heterocycles. The summed E-state index contributed by atoms with van der Waals surface area (Å²) in [5, 5.41) is 6.76. The molecule has 1 fully saturated rings. The first kappa shape index (κ1) is 15.9. The van der Waals surface area contributed by atoms with Crippen molar-refractivity contribution in [3.8, 4) is 0 Å². The Morgan fingerprint density at radius 3 is 2.84 bits per heavy atom. The molecule has 0 amide bonds. The van der Waals surface area contributed by atoms with Crippen LogP contribution in [0.4, 0.5) is 0 Å². The quantitative estimate of drug-likeness (QED) is 0.724. The second-order valence-corrected chi connectivity index (χ2v) is 8.53. The molecule has 1 atom stereocenters. The van der Waals surface area contributed by atoms with Gasteiger partial charge in [-0.15, -0.1) is 11.3 Å². The summed E-state index contributed by atoms with van der Waals surface area (Å²) in [5.41, 5.74) is 0. The SMILES string of the molecule is CCNC(CSC1CCCCC1)Cc1cc(Br)cs1. The number of nitrogens with one attached hydrogen (secondary N) is 1. The van der Waals surface area contributed by atoms with Crippen LogP contribution in [0.2, 0.25) is 0 Å². The van der Waals surface area contributed by atoms with E-state index in [0.29, 0.717) is 6.04 Å². The van der Waals surface area contributed by atoms with Crippen molar-refractivity contribution >= 4 is 39.0 Å². The molecule has 0 spiro atoms. The third kappa shape index (κ3) is 5.78. The van der Waals surface area contributed by atoms with Crippen molar-refractivity contribution in [3.63, 3.8) is 0 Å². The molecule has 0 saturated heterocycles.